The third kappa shape index (κ3) is 5.45. The first-order valence-electron chi connectivity index (χ1n) is 15.6. The van der Waals surface area contributed by atoms with Crippen LogP contribution in [0.15, 0.2) is 109 Å². The molecule has 7 aromatic rings. The van der Waals surface area contributed by atoms with E-state index in [0.29, 0.717) is 23.0 Å². The lowest BCUT2D eigenvalue weighted by Crippen LogP contribution is -2.12. The van der Waals surface area contributed by atoms with Crippen molar-refractivity contribution in [1.29, 1.82) is 0 Å². The zero-order valence-electron chi connectivity index (χ0n) is 27.0. The molecule has 0 aliphatic rings. The van der Waals surface area contributed by atoms with Gasteiger partial charge >= 0.3 is 0 Å². The number of aromatic nitrogens is 5. The van der Waals surface area contributed by atoms with Crippen molar-refractivity contribution in [3.8, 4) is 40.0 Å². The smallest absolute Gasteiger partial charge is 0.164 e. The van der Waals surface area contributed by atoms with E-state index in [0.717, 1.165) is 38.8 Å². The van der Waals surface area contributed by atoms with Crippen LogP contribution >= 0.6 is 0 Å². The first kappa shape index (κ1) is 29.5. The van der Waals surface area contributed by atoms with Gasteiger partial charge in [-0.05, 0) is 58.4 Å². The van der Waals surface area contributed by atoms with Gasteiger partial charge < -0.3 is 0 Å². The fourth-order valence-electron chi connectivity index (χ4n) is 5.87. The molecule has 0 atom stereocenters. The summed E-state index contributed by atoms with van der Waals surface area (Å²) in [7, 11) is 0. The zero-order chi connectivity index (χ0) is 32.2. The molecule has 0 aliphatic heterocycles. The van der Waals surface area contributed by atoms with E-state index in [1.54, 1.807) is 6.07 Å². The highest BCUT2D eigenvalue weighted by atomic mass is 19.1. The van der Waals surface area contributed by atoms with Crippen LogP contribution in [0.25, 0.3) is 61.8 Å². The fraction of sp³-hybridized carbons (Fsp3) is 0.200. The summed E-state index contributed by atoms with van der Waals surface area (Å²) in [5.41, 5.74) is 6.78. The van der Waals surface area contributed by atoms with Crippen LogP contribution in [0, 0.1) is 5.82 Å². The van der Waals surface area contributed by atoms with Gasteiger partial charge in [0.05, 0.1) is 11.0 Å². The number of fused-ring (bicyclic) bond motifs is 3. The normalized spacial score (nSPS) is 12.2. The standard InChI is InChI=1S/C40H36FN5/c1-39(2,3)28-17-14-25(15-18-28)36-43-37(26-10-9-11-30(41)22-26)45-38(44-36)27-16-19-32-31-12-7-8-13-33(31)46(34(32)23-27)35-24-29(20-21-42-35)40(4,5)6/h7-24H,1-6H3. The number of pyridine rings is 1. The molecule has 0 saturated carbocycles. The summed E-state index contributed by atoms with van der Waals surface area (Å²) in [6.45, 7) is 13.2. The van der Waals surface area contributed by atoms with Gasteiger partial charge in [-0.25, -0.2) is 24.3 Å². The molecule has 3 heterocycles. The van der Waals surface area contributed by atoms with Crippen LogP contribution in [0.5, 0.6) is 0 Å². The van der Waals surface area contributed by atoms with Crippen LogP contribution in [0.1, 0.15) is 52.7 Å². The number of nitrogens with zero attached hydrogens (tertiary/aromatic N) is 5. The Labute approximate surface area is 268 Å². The van der Waals surface area contributed by atoms with Gasteiger partial charge in [0.25, 0.3) is 0 Å². The predicted octanol–water partition coefficient (Wildman–Crippen LogP) is 10.1. The number of halogens is 1. The van der Waals surface area contributed by atoms with Crippen molar-refractivity contribution in [1.82, 2.24) is 24.5 Å². The van der Waals surface area contributed by atoms with Gasteiger partial charge in [-0.2, -0.15) is 0 Å². The van der Waals surface area contributed by atoms with E-state index in [4.69, 9.17) is 19.9 Å². The van der Waals surface area contributed by atoms with E-state index < -0.39 is 0 Å². The average molecular weight is 606 g/mol. The molecule has 0 aliphatic carbocycles. The number of benzene rings is 4. The summed E-state index contributed by atoms with van der Waals surface area (Å²) >= 11 is 0. The molecular formula is C40H36FN5. The van der Waals surface area contributed by atoms with Crippen molar-refractivity contribution in [3.63, 3.8) is 0 Å². The van der Waals surface area contributed by atoms with Crippen molar-refractivity contribution in [3.05, 3.63) is 126 Å². The Morgan fingerprint density at radius 1 is 0.522 bits per heavy atom. The molecule has 0 fully saturated rings. The molecule has 4 aromatic carbocycles. The molecule has 0 radical (unpaired) electrons. The molecule has 3 aromatic heterocycles. The van der Waals surface area contributed by atoms with Crippen LogP contribution < -0.4 is 0 Å². The molecule has 6 heteroatoms. The lowest BCUT2D eigenvalue weighted by Gasteiger charge is -2.20. The summed E-state index contributed by atoms with van der Waals surface area (Å²) in [4.78, 5) is 19.5. The van der Waals surface area contributed by atoms with Gasteiger partial charge in [0.1, 0.15) is 11.6 Å². The van der Waals surface area contributed by atoms with Crippen molar-refractivity contribution in [2.45, 2.75) is 52.4 Å². The topological polar surface area (TPSA) is 56.5 Å². The summed E-state index contributed by atoms with van der Waals surface area (Å²) in [6.07, 6.45) is 1.88. The SMILES string of the molecule is CC(C)(C)c1ccc(-c2nc(-c3cccc(F)c3)nc(-c3ccc4c5ccccc5n(-c5cc(C(C)(C)C)ccn5)c4c3)n2)cc1. The van der Waals surface area contributed by atoms with Crippen molar-refractivity contribution in [2.24, 2.45) is 0 Å². The minimum absolute atomic E-state index is 0.0185. The van der Waals surface area contributed by atoms with E-state index in [9.17, 15) is 4.39 Å². The maximum Gasteiger partial charge on any atom is 0.164 e. The van der Waals surface area contributed by atoms with E-state index in [1.807, 2.05) is 24.4 Å². The second-order valence-corrected chi connectivity index (χ2v) is 13.9. The van der Waals surface area contributed by atoms with Gasteiger partial charge in [-0.3, -0.25) is 4.57 Å². The lowest BCUT2D eigenvalue weighted by atomic mass is 9.87. The third-order valence-corrected chi connectivity index (χ3v) is 8.50. The van der Waals surface area contributed by atoms with Crippen LogP contribution in [-0.2, 0) is 10.8 Å². The Morgan fingerprint density at radius 2 is 1.13 bits per heavy atom. The number of para-hydroxylation sites is 1. The molecule has 5 nitrogen and oxygen atoms in total. The van der Waals surface area contributed by atoms with Gasteiger partial charge in [0, 0.05) is 33.7 Å². The van der Waals surface area contributed by atoms with Gasteiger partial charge in [-0.15, -0.1) is 0 Å². The average Bonchev–Trinajstić information content (AvgIpc) is 3.37. The van der Waals surface area contributed by atoms with Crippen LogP contribution in [0.3, 0.4) is 0 Å². The van der Waals surface area contributed by atoms with Crippen LogP contribution in [0.4, 0.5) is 4.39 Å². The molecule has 0 amide bonds. The first-order valence-corrected chi connectivity index (χ1v) is 15.6. The first-order chi connectivity index (χ1) is 22.0. The van der Waals surface area contributed by atoms with Crippen molar-refractivity contribution >= 4 is 21.8 Å². The molecule has 228 valence electrons. The number of hydrogen-bond donors (Lipinski definition) is 0. The van der Waals surface area contributed by atoms with Gasteiger partial charge in [-0.1, -0.05) is 108 Å². The van der Waals surface area contributed by atoms with E-state index >= 15 is 0 Å². The quantitative estimate of drug-likeness (QED) is 0.200. The molecule has 0 bridgehead atoms. The second-order valence-electron chi connectivity index (χ2n) is 13.9. The highest BCUT2D eigenvalue weighted by molar-refractivity contribution is 6.10. The van der Waals surface area contributed by atoms with E-state index in [-0.39, 0.29) is 16.6 Å². The Balaban J connectivity index is 1.45. The molecule has 0 spiro atoms. The van der Waals surface area contributed by atoms with Crippen molar-refractivity contribution < 1.29 is 4.39 Å². The predicted molar refractivity (Wildman–Crippen MR) is 186 cm³/mol. The number of hydrogen-bond acceptors (Lipinski definition) is 4. The van der Waals surface area contributed by atoms with Crippen LogP contribution in [0.2, 0.25) is 0 Å². The summed E-state index contributed by atoms with van der Waals surface area (Å²) in [5, 5.41) is 2.25. The Bertz CT molecular complexity index is 2230. The Morgan fingerprint density at radius 3 is 1.80 bits per heavy atom. The van der Waals surface area contributed by atoms with E-state index in [2.05, 4.69) is 113 Å². The monoisotopic (exact) mass is 605 g/mol. The summed E-state index contributed by atoms with van der Waals surface area (Å²) in [6, 6.07) is 33.6. The number of rotatable bonds is 4. The minimum Gasteiger partial charge on any atom is -0.294 e. The largest absolute Gasteiger partial charge is 0.294 e. The van der Waals surface area contributed by atoms with E-state index in [1.165, 1.54) is 23.3 Å². The zero-order valence-corrected chi connectivity index (χ0v) is 27.0. The van der Waals surface area contributed by atoms with Gasteiger partial charge in [0.2, 0.25) is 0 Å². The van der Waals surface area contributed by atoms with Crippen LogP contribution in [-0.4, -0.2) is 24.5 Å². The molecule has 0 N–H and O–H groups in total. The minimum atomic E-state index is -0.341. The fourth-order valence-corrected chi connectivity index (χ4v) is 5.87. The molecule has 0 unspecified atom stereocenters. The second kappa shape index (κ2) is 11.0. The maximum atomic E-state index is 14.4. The lowest BCUT2D eigenvalue weighted by molar-refractivity contribution is 0.588. The highest BCUT2D eigenvalue weighted by Crippen LogP contribution is 2.35. The third-order valence-electron chi connectivity index (χ3n) is 8.50. The summed E-state index contributed by atoms with van der Waals surface area (Å²) < 4.78 is 16.6. The maximum absolute atomic E-state index is 14.4. The molecule has 7 rings (SSSR count). The molecule has 0 saturated heterocycles. The van der Waals surface area contributed by atoms with Gasteiger partial charge in [0.15, 0.2) is 17.5 Å². The highest BCUT2D eigenvalue weighted by Gasteiger charge is 2.20. The Kier molecular flexibility index (Phi) is 7.04. The molecular weight excluding hydrogens is 569 g/mol. The van der Waals surface area contributed by atoms with Crippen molar-refractivity contribution in [2.75, 3.05) is 0 Å². The molecule has 46 heavy (non-hydrogen) atoms. The Hall–Kier alpha value is -5.23. The summed E-state index contributed by atoms with van der Waals surface area (Å²) in [5.74, 6) is 1.97.